The molecule has 0 saturated carbocycles. The molecule has 2 N–H and O–H groups in total. The number of carboxylic acids is 1. The van der Waals surface area contributed by atoms with Crippen molar-refractivity contribution in [3.05, 3.63) is 65.7 Å². The number of carboxylic acid groups (broad SMARTS) is 1. The zero-order valence-electron chi connectivity index (χ0n) is 25.6. The van der Waals surface area contributed by atoms with E-state index in [1.54, 1.807) is 7.11 Å². The standard InChI is InChI=1S/C34H38N4O7/c1-22-26(23-5-3-6-25(17-23)35-32(39)9-10-37-11-14-43-15-12-37)7-4-8-27(22)33-36-28-18-24(30(42-2)19-31(28)45-33)20-38-13-16-44-21-29(38)34(40)41/h3-8,17-19,29H,9-16,20-21H2,1-2H3,(H,35,39)(H,40,41). The molecule has 1 amide bonds. The first-order chi connectivity index (χ1) is 21.9. The average Bonchev–Trinajstić information content (AvgIpc) is 3.47. The van der Waals surface area contributed by atoms with E-state index in [1.165, 1.54) is 0 Å². The van der Waals surface area contributed by atoms with Crippen LogP contribution in [-0.2, 0) is 25.6 Å². The topological polar surface area (TPSA) is 127 Å². The number of anilines is 1. The molecule has 1 aromatic heterocycles. The van der Waals surface area contributed by atoms with E-state index in [1.807, 2.05) is 66.4 Å². The van der Waals surface area contributed by atoms with Gasteiger partial charge in [-0.2, -0.15) is 0 Å². The quantitative estimate of drug-likeness (QED) is 0.265. The van der Waals surface area contributed by atoms with E-state index in [2.05, 4.69) is 10.2 Å². The fraction of sp³-hybridized carbons (Fsp3) is 0.382. The largest absolute Gasteiger partial charge is 0.496 e. The molecule has 0 aliphatic carbocycles. The number of ether oxygens (including phenoxy) is 3. The number of rotatable bonds is 10. The molecular formula is C34H38N4O7. The number of fused-ring (bicyclic) bond motifs is 1. The van der Waals surface area contributed by atoms with E-state index in [4.69, 9.17) is 23.6 Å². The summed E-state index contributed by atoms with van der Waals surface area (Å²) in [7, 11) is 1.59. The van der Waals surface area contributed by atoms with Gasteiger partial charge in [-0.25, -0.2) is 4.98 Å². The molecule has 2 aliphatic rings. The minimum Gasteiger partial charge on any atom is -0.496 e. The third-order valence-electron chi connectivity index (χ3n) is 8.47. The second-order valence-electron chi connectivity index (χ2n) is 11.4. The Morgan fingerprint density at radius 2 is 1.80 bits per heavy atom. The van der Waals surface area contributed by atoms with Gasteiger partial charge >= 0.3 is 5.97 Å². The van der Waals surface area contributed by atoms with Gasteiger partial charge in [-0.05, 0) is 47.9 Å². The summed E-state index contributed by atoms with van der Waals surface area (Å²) in [6.45, 7) is 7.40. The van der Waals surface area contributed by atoms with Crippen molar-refractivity contribution in [2.24, 2.45) is 0 Å². The molecule has 236 valence electrons. The van der Waals surface area contributed by atoms with E-state index in [9.17, 15) is 14.7 Å². The van der Waals surface area contributed by atoms with Crippen molar-refractivity contribution < 1.29 is 33.3 Å². The Morgan fingerprint density at radius 1 is 1.02 bits per heavy atom. The summed E-state index contributed by atoms with van der Waals surface area (Å²) >= 11 is 0. The van der Waals surface area contributed by atoms with Gasteiger partial charge < -0.3 is 29.1 Å². The van der Waals surface area contributed by atoms with Crippen LogP contribution >= 0.6 is 0 Å². The first kappa shape index (κ1) is 30.7. The van der Waals surface area contributed by atoms with Crippen molar-refractivity contribution in [2.45, 2.75) is 25.9 Å². The third kappa shape index (κ3) is 7.02. The van der Waals surface area contributed by atoms with Gasteiger partial charge in [0.1, 0.15) is 17.3 Å². The van der Waals surface area contributed by atoms with E-state index in [0.29, 0.717) is 68.6 Å². The molecule has 45 heavy (non-hydrogen) atoms. The second kappa shape index (κ2) is 13.8. The minimum atomic E-state index is -0.912. The van der Waals surface area contributed by atoms with Crippen LogP contribution in [0.5, 0.6) is 5.75 Å². The van der Waals surface area contributed by atoms with Gasteiger partial charge in [0.2, 0.25) is 11.8 Å². The average molecular weight is 615 g/mol. The van der Waals surface area contributed by atoms with Crippen LogP contribution in [0.2, 0.25) is 0 Å². The Morgan fingerprint density at radius 3 is 2.60 bits per heavy atom. The number of aliphatic carboxylic acids is 1. The summed E-state index contributed by atoms with van der Waals surface area (Å²) in [4.78, 5) is 33.4. The Hall–Kier alpha value is -4.29. The molecule has 0 spiro atoms. The second-order valence-corrected chi connectivity index (χ2v) is 11.4. The molecule has 11 nitrogen and oxygen atoms in total. The van der Waals surface area contributed by atoms with Gasteiger partial charge in [0.05, 0.1) is 33.5 Å². The van der Waals surface area contributed by atoms with E-state index in [-0.39, 0.29) is 12.5 Å². The molecule has 2 saturated heterocycles. The summed E-state index contributed by atoms with van der Waals surface area (Å²) in [5.41, 5.74) is 6.63. The SMILES string of the molecule is COc1cc2oc(-c3cccc(-c4cccc(NC(=O)CCN5CCOCC5)c4)c3C)nc2cc1CN1CCOCC1C(=O)O. The molecule has 0 radical (unpaired) electrons. The number of carbonyl (C=O) groups excluding carboxylic acids is 1. The van der Waals surface area contributed by atoms with Crippen LogP contribution in [0.4, 0.5) is 5.69 Å². The van der Waals surface area contributed by atoms with Crippen LogP contribution in [0.1, 0.15) is 17.5 Å². The van der Waals surface area contributed by atoms with Crippen LogP contribution in [0.15, 0.2) is 59.0 Å². The summed E-state index contributed by atoms with van der Waals surface area (Å²) in [5, 5.41) is 12.7. The minimum absolute atomic E-state index is 0.0162. The molecule has 1 unspecified atom stereocenters. The first-order valence-corrected chi connectivity index (χ1v) is 15.2. The molecule has 0 bridgehead atoms. The van der Waals surface area contributed by atoms with Crippen LogP contribution in [-0.4, -0.2) is 97.5 Å². The number of carbonyl (C=O) groups is 2. The van der Waals surface area contributed by atoms with Crippen molar-refractivity contribution in [2.75, 3.05) is 65.0 Å². The Bertz CT molecular complexity index is 1680. The maximum Gasteiger partial charge on any atom is 0.323 e. The predicted octanol–water partition coefficient (Wildman–Crippen LogP) is 4.43. The molecule has 11 heteroatoms. The fourth-order valence-corrected chi connectivity index (χ4v) is 5.95. The molecular weight excluding hydrogens is 576 g/mol. The van der Waals surface area contributed by atoms with E-state index >= 15 is 0 Å². The number of oxazole rings is 1. The van der Waals surface area contributed by atoms with E-state index < -0.39 is 12.0 Å². The zero-order chi connectivity index (χ0) is 31.3. The molecule has 6 rings (SSSR count). The maximum absolute atomic E-state index is 12.7. The van der Waals surface area contributed by atoms with Crippen LogP contribution in [0.3, 0.4) is 0 Å². The molecule has 3 heterocycles. The summed E-state index contributed by atoms with van der Waals surface area (Å²) in [6.07, 6.45) is 0.426. The smallest absolute Gasteiger partial charge is 0.323 e. The number of amides is 1. The normalized spacial score (nSPS) is 17.8. The number of hydrogen-bond donors (Lipinski definition) is 2. The number of nitrogens with zero attached hydrogens (tertiary/aromatic N) is 3. The van der Waals surface area contributed by atoms with Crippen LogP contribution < -0.4 is 10.1 Å². The lowest BCUT2D eigenvalue weighted by molar-refractivity contribution is -0.150. The van der Waals surface area contributed by atoms with Crippen molar-refractivity contribution >= 4 is 28.7 Å². The highest BCUT2D eigenvalue weighted by Crippen LogP contribution is 2.36. The van der Waals surface area contributed by atoms with Crippen molar-refractivity contribution in [3.8, 4) is 28.3 Å². The van der Waals surface area contributed by atoms with Gasteiger partial charge in [0, 0.05) is 62.0 Å². The number of hydrogen-bond acceptors (Lipinski definition) is 9. The van der Waals surface area contributed by atoms with Crippen molar-refractivity contribution in [1.82, 2.24) is 14.8 Å². The Balaban J connectivity index is 1.22. The highest BCUT2D eigenvalue weighted by molar-refractivity contribution is 5.92. The lowest BCUT2D eigenvalue weighted by atomic mass is 9.96. The summed E-state index contributed by atoms with van der Waals surface area (Å²) in [6, 6.07) is 16.8. The molecule has 1 atom stereocenters. The van der Waals surface area contributed by atoms with Gasteiger partial charge in [0.25, 0.3) is 0 Å². The fourth-order valence-electron chi connectivity index (χ4n) is 5.95. The number of benzene rings is 3. The molecule has 4 aromatic rings. The lowest BCUT2D eigenvalue weighted by Crippen LogP contribution is -2.49. The Labute approximate surface area is 261 Å². The summed E-state index contributed by atoms with van der Waals surface area (Å²) in [5.74, 6) is 0.157. The van der Waals surface area contributed by atoms with Gasteiger partial charge in [-0.3, -0.25) is 19.4 Å². The number of morpholine rings is 2. The third-order valence-corrected chi connectivity index (χ3v) is 8.47. The molecule has 2 fully saturated rings. The molecule has 2 aliphatic heterocycles. The van der Waals surface area contributed by atoms with Gasteiger partial charge in [-0.15, -0.1) is 0 Å². The van der Waals surface area contributed by atoms with Crippen LogP contribution in [0, 0.1) is 6.92 Å². The van der Waals surface area contributed by atoms with Gasteiger partial charge in [0.15, 0.2) is 5.58 Å². The van der Waals surface area contributed by atoms with Crippen molar-refractivity contribution in [3.63, 3.8) is 0 Å². The number of aromatic nitrogens is 1. The number of nitrogens with one attached hydrogen (secondary N) is 1. The van der Waals surface area contributed by atoms with Gasteiger partial charge in [-0.1, -0.05) is 24.3 Å². The zero-order valence-corrected chi connectivity index (χ0v) is 25.6. The lowest BCUT2D eigenvalue weighted by Gasteiger charge is -2.33. The molecule has 3 aromatic carbocycles. The van der Waals surface area contributed by atoms with Crippen molar-refractivity contribution in [1.29, 1.82) is 0 Å². The first-order valence-electron chi connectivity index (χ1n) is 15.2. The Kier molecular flexibility index (Phi) is 9.41. The summed E-state index contributed by atoms with van der Waals surface area (Å²) < 4.78 is 22.7. The predicted molar refractivity (Wildman–Crippen MR) is 169 cm³/mol. The monoisotopic (exact) mass is 614 g/mol. The number of methoxy groups -OCH3 is 1. The highest BCUT2D eigenvalue weighted by atomic mass is 16.5. The maximum atomic E-state index is 12.7. The van der Waals surface area contributed by atoms with E-state index in [0.717, 1.165) is 46.6 Å². The van der Waals surface area contributed by atoms with Crippen LogP contribution in [0.25, 0.3) is 33.7 Å². The highest BCUT2D eigenvalue weighted by Gasteiger charge is 2.30.